The Bertz CT molecular complexity index is 1640. The van der Waals surface area contributed by atoms with Crippen LogP contribution in [0.4, 0.5) is 10.5 Å². The number of nitrogens with zero attached hydrogens (tertiary/aromatic N) is 5. The van der Waals surface area contributed by atoms with Crippen LogP contribution in [-0.4, -0.2) is 68.6 Å². The molecule has 0 aliphatic carbocycles. The van der Waals surface area contributed by atoms with Crippen molar-refractivity contribution in [2.45, 2.75) is 57.2 Å². The molecule has 5 rings (SSSR count). The maximum absolute atomic E-state index is 14.8. The van der Waals surface area contributed by atoms with Gasteiger partial charge in [0.1, 0.15) is 18.3 Å². The molecular formula is C33H38N8O4. The van der Waals surface area contributed by atoms with E-state index in [4.69, 9.17) is 10.5 Å². The molecule has 0 radical (unpaired) electrons. The Labute approximate surface area is 261 Å². The number of amides is 4. The van der Waals surface area contributed by atoms with Crippen molar-refractivity contribution in [3.05, 3.63) is 90.0 Å². The zero-order valence-electron chi connectivity index (χ0n) is 25.8. The Morgan fingerprint density at radius 3 is 2.44 bits per heavy atom. The second-order valence-corrected chi connectivity index (χ2v) is 12.1. The number of methoxy groups -OCH3 is 1. The number of H-pyrrole nitrogens is 1. The van der Waals surface area contributed by atoms with Crippen LogP contribution in [0.2, 0.25) is 0 Å². The van der Waals surface area contributed by atoms with Crippen LogP contribution in [0.25, 0.3) is 11.4 Å². The highest BCUT2D eigenvalue weighted by atomic mass is 16.5. The van der Waals surface area contributed by atoms with E-state index >= 15 is 0 Å². The lowest BCUT2D eigenvalue weighted by atomic mass is 9.85. The first-order valence-corrected chi connectivity index (χ1v) is 14.8. The molecule has 1 aromatic heterocycles. The number of hydrogen-bond donors (Lipinski definition) is 3. The molecular weight excluding hydrogens is 572 g/mol. The van der Waals surface area contributed by atoms with E-state index in [9.17, 15) is 14.4 Å². The second-order valence-electron chi connectivity index (χ2n) is 12.1. The molecule has 1 aliphatic heterocycles. The molecule has 2 heterocycles. The summed E-state index contributed by atoms with van der Waals surface area (Å²) >= 11 is 0. The fraction of sp³-hybridized carbons (Fsp3) is 0.333. The van der Waals surface area contributed by atoms with Gasteiger partial charge in [-0.25, -0.2) is 4.79 Å². The summed E-state index contributed by atoms with van der Waals surface area (Å²) in [6.07, 6.45) is 0.709. The van der Waals surface area contributed by atoms with Crippen LogP contribution in [0.1, 0.15) is 56.7 Å². The smallest absolute Gasteiger partial charge is 0.320 e. The predicted octanol–water partition coefficient (Wildman–Crippen LogP) is 4.19. The van der Waals surface area contributed by atoms with Gasteiger partial charge < -0.3 is 20.7 Å². The van der Waals surface area contributed by atoms with E-state index in [1.807, 2.05) is 75.4 Å². The lowest BCUT2D eigenvalue weighted by molar-refractivity contribution is -0.139. The predicted molar refractivity (Wildman–Crippen MR) is 169 cm³/mol. The number of likely N-dealkylation sites (tertiary alicyclic amines) is 1. The van der Waals surface area contributed by atoms with Crippen LogP contribution in [0.3, 0.4) is 0 Å². The van der Waals surface area contributed by atoms with Crippen molar-refractivity contribution in [2.24, 2.45) is 5.73 Å². The van der Waals surface area contributed by atoms with Crippen LogP contribution < -0.4 is 20.7 Å². The van der Waals surface area contributed by atoms with Gasteiger partial charge in [0.2, 0.25) is 17.6 Å². The van der Waals surface area contributed by atoms with Crippen molar-refractivity contribution < 1.29 is 19.1 Å². The quantitative estimate of drug-likeness (QED) is 0.270. The zero-order chi connectivity index (χ0) is 32.1. The molecule has 3 aromatic carbocycles. The summed E-state index contributed by atoms with van der Waals surface area (Å²) in [6.45, 7) is 5.45. The van der Waals surface area contributed by atoms with Gasteiger partial charge in [-0.15, -0.1) is 10.2 Å². The molecule has 4 aromatic rings. The number of primary amides is 1. The van der Waals surface area contributed by atoms with E-state index in [0.717, 1.165) is 11.1 Å². The Balaban J connectivity index is 1.66. The number of benzene rings is 3. The Morgan fingerprint density at radius 2 is 1.78 bits per heavy atom. The Morgan fingerprint density at radius 1 is 1.04 bits per heavy atom. The summed E-state index contributed by atoms with van der Waals surface area (Å²) in [4.78, 5) is 44.4. The monoisotopic (exact) mass is 610 g/mol. The summed E-state index contributed by atoms with van der Waals surface area (Å²) in [6, 6.07) is 21.9. The molecule has 1 aliphatic rings. The highest BCUT2D eigenvalue weighted by molar-refractivity contribution is 6.00. The molecule has 4 N–H and O–H groups in total. The van der Waals surface area contributed by atoms with Crippen molar-refractivity contribution in [3.63, 3.8) is 0 Å². The fourth-order valence-electron chi connectivity index (χ4n) is 6.01. The topological polar surface area (TPSA) is 159 Å². The van der Waals surface area contributed by atoms with Crippen molar-refractivity contribution in [1.82, 2.24) is 30.8 Å². The largest absolute Gasteiger partial charge is 0.496 e. The molecule has 45 heavy (non-hydrogen) atoms. The number of aromatic amines is 1. The van der Waals surface area contributed by atoms with Gasteiger partial charge in [0.15, 0.2) is 0 Å². The minimum atomic E-state index is -1.05. The molecule has 1 saturated heterocycles. The van der Waals surface area contributed by atoms with E-state index < -0.39 is 29.6 Å². The summed E-state index contributed by atoms with van der Waals surface area (Å²) < 4.78 is 5.75. The summed E-state index contributed by atoms with van der Waals surface area (Å²) in [5.74, 6) is 0.0393. The van der Waals surface area contributed by atoms with Crippen LogP contribution in [0.5, 0.6) is 5.75 Å². The number of urea groups is 1. The highest BCUT2D eigenvalue weighted by Crippen LogP contribution is 2.43. The molecule has 12 nitrogen and oxygen atoms in total. The SMILES string of the molecule is COc1ccccc1C1CC(c2ccccc2)N(CC(=O)NC(C)(C)C)C(=O)C(N(C(N)=O)c2cccc(-c3nn[nH]n3)c2)C1. The first kappa shape index (κ1) is 31.2. The third kappa shape index (κ3) is 7.11. The van der Waals surface area contributed by atoms with Crippen molar-refractivity contribution in [1.29, 1.82) is 0 Å². The van der Waals surface area contributed by atoms with Gasteiger partial charge in [0.05, 0.1) is 13.2 Å². The number of carbonyl (C=O) groups is 3. The van der Waals surface area contributed by atoms with Crippen LogP contribution >= 0.6 is 0 Å². The molecule has 1 fully saturated rings. The van der Waals surface area contributed by atoms with Gasteiger partial charge >= 0.3 is 6.03 Å². The van der Waals surface area contributed by atoms with Crippen LogP contribution in [0, 0.1) is 0 Å². The van der Waals surface area contributed by atoms with Gasteiger partial charge in [-0.2, -0.15) is 5.21 Å². The standard InChI is InChI=1S/C33H38N8O4/c1-33(2,3)35-29(42)20-40-26(21-11-6-5-7-12-21)18-23(25-15-8-9-16-28(25)45-4)19-27(31(40)43)41(32(34)44)24-14-10-13-22(17-24)30-36-38-39-37-30/h5-17,23,26-27H,18-20H2,1-4H3,(H2,34,44)(H,35,42)(H,36,37,38,39). The first-order chi connectivity index (χ1) is 21.6. The number of anilines is 1. The summed E-state index contributed by atoms with van der Waals surface area (Å²) in [5, 5.41) is 17.1. The number of rotatable bonds is 8. The number of hydrogen-bond acceptors (Lipinski definition) is 7. The lowest BCUT2D eigenvalue weighted by Gasteiger charge is -2.35. The van der Waals surface area contributed by atoms with Crippen molar-refractivity contribution >= 4 is 23.5 Å². The number of carbonyl (C=O) groups excluding carboxylic acids is 3. The van der Waals surface area contributed by atoms with E-state index in [1.54, 1.807) is 36.3 Å². The van der Waals surface area contributed by atoms with E-state index in [-0.39, 0.29) is 24.8 Å². The molecule has 0 spiro atoms. The number of tetrazole rings is 1. The molecule has 3 unspecified atom stereocenters. The Kier molecular flexibility index (Phi) is 9.12. The summed E-state index contributed by atoms with van der Waals surface area (Å²) in [5.41, 5.74) is 8.29. The third-order valence-corrected chi connectivity index (χ3v) is 7.83. The first-order valence-electron chi connectivity index (χ1n) is 14.8. The minimum absolute atomic E-state index is 0.208. The number of para-hydroxylation sites is 1. The molecule has 3 atom stereocenters. The van der Waals surface area contributed by atoms with Gasteiger partial charge in [-0.1, -0.05) is 60.7 Å². The van der Waals surface area contributed by atoms with Gasteiger partial charge in [0, 0.05) is 16.8 Å². The van der Waals surface area contributed by atoms with Crippen LogP contribution in [0.15, 0.2) is 78.9 Å². The highest BCUT2D eigenvalue weighted by Gasteiger charge is 2.43. The molecule has 12 heteroatoms. The second kappa shape index (κ2) is 13.2. The van der Waals surface area contributed by atoms with Gasteiger partial charge in [-0.3, -0.25) is 14.5 Å². The van der Waals surface area contributed by atoms with Crippen molar-refractivity contribution in [3.8, 4) is 17.1 Å². The van der Waals surface area contributed by atoms with Gasteiger partial charge in [0.25, 0.3) is 0 Å². The number of nitrogens with two attached hydrogens (primary N) is 1. The fourth-order valence-corrected chi connectivity index (χ4v) is 6.01. The maximum Gasteiger partial charge on any atom is 0.320 e. The molecule has 0 saturated carbocycles. The van der Waals surface area contributed by atoms with E-state index in [0.29, 0.717) is 29.2 Å². The summed E-state index contributed by atoms with van der Waals surface area (Å²) in [7, 11) is 1.61. The average molecular weight is 611 g/mol. The zero-order valence-corrected chi connectivity index (χ0v) is 25.8. The Hall–Kier alpha value is -5.26. The van der Waals surface area contributed by atoms with E-state index in [1.165, 1.54) is 4.90 Å². The van der Waals surface area contributed by atoms with E-state index in [2.05, 4.69) is 25.9 Å². The molecule has 234 valence electrons. The number of ether oxygens (including phenoxy) is 1. The van der Waals surface area contributed by atoms with Crippen LogP contribution in [-0.2, 0) is 9.59 Å². The number of aromatic nitrogens is 4. The normalized spacial score (nSPS) is 18.6. The molecule has 4 amide bonds. The number of nitrogens with one attached hydrogen (secondary N) is 2. The third-order valence-electron chi connectivity index (χ3n) is 7.83. The lowest BCUT2D eigenvalue weighted by Crippen LogP contribution is -2.55. The maximum atomic E-state index is 14.8. The van der Waals surface area contributed by atoms with Gasteiger partial charge in [-0.05, 0) is 74.1 Å². The molecule has 0 bridgehead atoms. The average Bonchev–Trinajstić information content (AvgIpc) is 3.52. The minimum Gasteiger partial charge on any atom is -0.496 e. The van der Waals surface area contributed by atoms with Crippen molar-refractivity contribution in [2.75, 3.05) is 18.6 Å².